The molecule has 0 spiro atoms. The molecule has 0 bridgehead atoms. The van der Waals surface area contributed by atoms with Gasteiger partial charge < -0.3 is 5.32 Å². The quantitative estimate of drug-likeness (QED) is 0.755. The number of anilines is 1. The minimum atomic E-state index is -3.56. The Kier molecular flexibility index (Phi) is 6.45. The van der Waals surface area contributed by atoms with E-state index in [0.717, 1.165) is 4.31 Å². The van der Waals surface area contributed by atoms with Gasteiger partial charge in [-0.2, -0.15) is 0 Å². The number of sulfonamides is 1. The maximum absolute atomic E-state index is 12.4. The van der Waals surface area contributed by atoms with Gasteiger partial charge in [-0.25, -0.2) is 17.7 Å². The van der Waals surface area contributed by atoms with Gasteiger partial charge >= 0.3 is 0 Å². The summed E-state index contributed by atoms with van der Waals surface area (Å²) in [6.45, 7) is 1.73. The Labute approximate surface area is 156 Å². The van der Waals surface area contributed by atoms with Crippen LogP contribution in [-0.2, 0) is 14.8 Å². The van der Waals surface area contributed by atoms with Gasteiger partial charge in [0.2, 0.25) is 15.9 Å². The number of thioether (sulfide) groups is 1. The Morgan fingerprint density at radius 3 is 2.64 bits per heavy atom. The number of benzene rings is 1. The van der Waals surface area contributed by atoms with Crippen molar-refractivity contribution in [2.45, 2.75) is 22.1 Å². The summed E-state index contributed by atoms with van der Waals surface area (Å²) in [5.41, 5.74) is 0.410. The van der Waals surface area contributed by atoms with Crippen molar-refractivity contribution >= 4 is 45.0 Å². The molecule has 2 rings (SSSR count). The zero-order chi connectivity index (χ0) is 18.6. The van der Waals surface area contributed by atoms with E-state index in [9.17, 15) is 13.2 Å². The van der Waals surface area contributed by atoms with E-state index in [1.54, 1.807) is 37.4 Å². The first kappa shape index (κ1) is 19.7. The summed E-state index contributed by atoms with van der Waals surface area (Å²) in [6, 6.07) is 9.55. The lowest BCUT2D eigenvalue weighted by atomic mass is 10.3. The van der Waals surface area contributed by atoms with Crippen LogP contribution in [0.1, 0.15) is 6.92 Å². The molecule has 1 amide bonds. The fourth-order valence-corrected chi connectivity index (χ4v) is 3.87. The van der Waals surface area contributed by atoms with Crippen molar-refractivity contribution in [2.24, 2.45) is 0 Å². The number of carbonyl (C=O) groups excluding carboxylic acids is 1. The Morgan fingerprint density at radius 1 is 1.28 bits per heavy atom. The Morgan fingerprint density at radius 2 is 2.00 bits per heavy atom. The smallest absolute Gasteiger partial charge is 0.242 e. The van der Waals surface area contributed by atoms with Crippen LogP contribution in [0.25, 0.3) is 0 Å². The number of pyridine rings is 1. The number of hydrogen-bond donors (Lipinski definition) is 1. The molecule has 0 aliphatic rings. The van der Waals surface area contributed by atoms with Crippen LogP contribution in [0, 0.1) is 0 Å². The van der Waals surface area contributed by atoms with Crippen LogP contribution in [0.2, 0.25) is 5.02 Å². The van der Waals surface area contributed by atoms with E-state index in [1.807, 2.05) is 0 Å². The highest BCUT2D eigenvalue weighted by atomic mass is 35.5. The van der Waals surface area contributed by atoms with Gasteiger partial charge in [-0.3, -0.25) is 4.79 Å². The highest BCUT2D eigenvalue weighted by molar-refractivity contribution is 8.00. The molecule has 0 saturated heterocycles. The lowest BCUT2D eigenvalue weighted by molar-refractivity contribution is -0.115. The van der Waals surface area contributed by atoms with Crippen molar-refractivity contribution in [1.82, 2.24) is 9.29 Å². The second-order valence-corrected chi connectivity index (χ2v) is 9.24. The summed E-state index contributed by atoms with van der Waals surface area (Å²) in [4.78, 5) is 16.6. The third-order valence-electron chi connectivity index (χ3n) is 3.26. The van der Waals surface area contributed by atoms with Gasteiger partial charge in [0.05, 0.1) is 15.2 Å². The fourth-order valence-electron chi connectivity index (χ4n) is 1.87. The molecule has 0 aliphatic heterocycles. The van der Waals surface area contributed by atoms with Crippen LogP contribution >= 0.6 is 23.4 Å². The maximum Gasteiger partial charge on any atom is 0.242 e. The molecule has 6 nitrogen and oxygen atoms in total. The monoisotopic (exact) mass is 399 g/mol. The highest BCUT2D eigenvalue weighted by Crippen LogP contribution is 2.28. The highest BCUT2D eigenvalue weighted by Gasteiger charge is 2.20. The molecular formula is C16H18ClN3O3S2. The molecule has 1 aromatic heterocycles. The Balaban J connectivity index is 2.12. The van der Waals surface area contributed by atoms with Gasteiger partial charge in [0, 0.05) is 26.0 Å². The molecule has 134 valence electrons. The average Bonchev–Trinajstić information content (AvgIpc) is 2.57. The molecule has 1 heterocycles. The van der Waals surface area contributed by atoms with Crippen molar-refractivity contribution in [3.8, 4) is 0 Å². The first-order valence-electron chi connectivity index (χ1n) is 7.32. The largest absolute Gasteiger partial charge is 0.325 e. The van der Waals surface area contributed by atoms with Crippen molar-refractivity contribution in [3.63, 3.8) is 0 Å². The topological polar surface area (TPSA) is 79.4 Å². The molecule has 1 aromatic carbocycles. The zero-order valence-corrected chi connectivity index (χ0v) is 16.3. The van der Waals surface area contributed by atoms with Gasteiger partial charge in [-0.1, -0.05) is 29.4 Å². The van der Waals surface area contributed by atoms with Crippen LogP contribution in [0.4, 0.5) is 5.69 Å². The second kappa shape index (κ2) is 8.18. The van der Waals surface area contributed by atoms with Crippen LogP contribution < -0.4 is 5.32 Å². The average molecular weight is 400 g/mol. The van der Waals surface area contributed by atoms with Crippen LogP contribution in [0.5, 0.6) is 0 Å². The van der Waals surface area contributed by atoms with E-state index >= 15 is 0 Å². The summed E-state index contributed by atoms with van der Waals surface area (Å²) in [5.74, 6) is -0.272. The number of carbonyl (C=O) groups is 1. The zero-order valence-electron chi connectivity index (χ0n) is 13.9. The minimum Gasteiger partial charge on any atom is -0.325 e. The summed E-state index contributed by atoms with van der Waals surface area (Å²) in [7, 11) is -0.652. The van der Waals surface area contributed by atoms with Crippen molar-refractivity contribution in [3.05, 3.63) is 47.6 Å². The number of nitrogens with one attached hydrogen (secondary N) is 1. The first-order valence-corrected chi connectivity index (χ1v) is 10.0. The Bertz CT molecular complexity index is 872. The van der Waals surface area contributed by atoms with E-state index < -0.39 is 15.3 Å². The number of rotatable bonds is 6. The molecule has 0 saturated carbocycles. The predicted octanol–water partition coefficient (Wildman–Crippen LogP) is 3.10. The van der Waals surface area contributed by atoms with Crippen LogP contribution in [0.3, 0.4) is 0 Å². The SMILES string of the molecule is CC(Sc1ncccc1Cl)C(=O)Nc1cccc(S(=O)(=O)N(C)C)c1. The summed E-state index contributed by atoms with van der Waals surface area (Å²) in [6.07, 6.45) is 1.61. The van der Waals surface area contributed by atoms with E-state index in [0.29, 0.717) is 15.7 Å². The second-order valence-electron chi connectivity index (χ2n) is 5.35. The number of nitrogens with zero attached hydrogens (tertiary/aromatic N) is 2. The molecule has 25 heavy (non-hydrogen) atoms. The minimum absolute atomic E-state index is 0.114. The number of halogens is 1. The molecule has 9 heteroatoms. The normalized spacial score (nSPS) is 12.8. The summed E-state index contributed by atoms with van der Waals surface area (Å²) < 4.78 is 25.5. The molecule has 1 N–H and O–H groups in total. The molecule has 1 atom stereocenters. The van der Waals surface area contributed by atoms with E-state index in [4.69, 9.17) is 11.6 Å². The third-order valence-corrected chi connectivity index (χ3v) is 6.61. The van der Waals surface area contributed by atoms with Gasteiger partial charge in [0.25, 0.3) is 0 Å². The van der Waals surface area contributed by atoms with Crippen molar-refractivity contribution in [1.29, 1.82) is 0 Å². The van der Waals surface area contributed by atoms with Crippen LogP contribution in [0.15, 0.2) is 52.5 Å². The summed E-state index contributed by atoms with van der Waals surface area (Å²) >= 11 is 7.28. The van der Waals surface area contributed by atoms with Gasteiger partial charge in [0.1, 0.15) is 5.03 Å². The molecule has 0 fully saturated rings. The number of amides is 1. The Hall–Kier alpha value is -1.61. The fraction of sp³-hybridized carbons (Fsp3) is 0.250. The third kappa shape index (κ3) is 4.94. The lowest BCUT2D eigenvalue weighted by Crippen LogP contribution is -2.24. The van der Waals surface area contributed by atoms with Crippen LogP contribution in [-0.4, -0.2) is 43.0 Å². The standard InChI is InChI=1S/C16H18ClN3O3S2/c1-11(24-16-14(17)8-5-9-18-16)15(21)19-12-6-4-7-13(10-12)25(22,23)20(2)3/h4-11H,1-3H3,(H,19,21). The van der Waals surface area contributed by atoms with E-state index in [1.165, 1.54) is 38.0 Å². The lowest BCUT2D eigenvalue weighted by Gasteiger charge is -2.14. The maximum atomic E-state index is 12.4. The van der Waals surface area contributed by atoms with E-state index in [2.05, 4.69) is 10.3 Å². The molecule has 0 radical (unpaired) electrons. The van der Waals surface area contributed by atoms with Crippen molar-refractivity contribution in [2.75, 3.05) is 19.4 Å². The van der Waals surface area contributed by atoms with E-state index in [-0.39, 0.29) is 10.8 Å². The van der Waals surface area contributed by atoms with Gasteiger partial charge in [-0.05, 0) is 37.3 Å². The molecular weight excluding hydrogens is 382 g/mol. The molecule has 1 unspecified atom stereocenters. The number of aromatic nitrogens is 1. The first-order chi connectivity index (χ1) is 11.7. The van der Waals surface area contributed by atoms with Gasteiger partial charge in [0.15, 0.2) is 0 Å². The van der Waals surface area contributed by atoms with Crippen molar-refractivity contribution < 1.29 is 13.2 Å². The number of hydrogen-bond acceptors (Lipinski definition) is 5. The molecule has 0 aliphatic carbocycles. The predicted molar refractivity (Wildman–Crippen MR) is 101 cm³/mol. The van der Waals surface area contributed by atoms with Gasteiger partial charge in [-0.15, -0.1) is 0 Å². The summed E-state index contributed by atoms with van der Waals surface area (Å²) in [5, 5.41) is 3.31. The molecule has 2 aromatic rings.